The minimum Gasteiger partial charge on any atom is -0.324 e. The molecule has 0 unspecified atom stereocenters. The Morgan fingerprint density at radius 1 is 1.19 bits per heavy atom. The van der Waals surface area contributed by atoms with Crippen LogP contribution >= 0.6 is 27.7 Å². The van der Waals surface area contributed by atoms with Crippen LogP contribution in [0.1, 0.15) is 19.8 Å². The van der Waals surface area contributed by atoms with Gasteiger partial charge in [-0.05, 0) is 46.6 Å². The summed E-state index contributed by atoms with van der Waals surface area (Å²) < 4.78 is 2.51. The van der Waals surface area contributed by atoms with Gasteiger partial charge >= 0.3 is 0 Å². The topological polar surface area (TPSA) is 64.0 Å². The maximum Gasteiger partial charge on any atom is 0.262 e. The second-order valence-corrected chi connectivity index (χ2v) is 7.84. The molecule has 2 aromatic carbocycles. The normalized spacial score (nSPS) is 10.9. The zero-order chi connectivity index (χ0) is 19.2. The van der Waals surface area contributed by atoms with E-state index in [4.69, 9.17) is 0 Å². The molecule has 1 amide bonds. The Morgan fingerprint density at radius 3 is 2.70 bits per heavy atom. The molecule has 0 saturated carbocycles. The summed E-state index contributed by atoms with van der Waals surface area (Å²) in [6.45, 7) is 2.68. The zero-order valence-electron chi connectivity index (χ0n) is 14.9. The lowest BCUT2D eigenvalue weighted by atomic mass is 10.2. The Balaban J connectivity index is 1.81. The molecule has 3 rings (SSSR count). The molecule has 0 spiro atoms. The van der Waals surface area contributed by atoms with E-state index in [9.17, 15) is 9.59 Å². The number of hydrogen-bond acceptors (Lipinski definition) is 4. The number of nitrogens with one attached hydrogen (secondary N) is 1. The molecule has 140 valence electrons. The van der Waals surface area contributed by atoms with E-state index in [0.717, 1.165) is 23.0 Å². The Morgan fingerprint density at radius 2 is 1.93 bits per heavy atom. The summed E-state index contributed by atoms with van der Waals surface area (Å²) in [6, 6.07) is 14.8. The first-order chi connectivity index (χ1) is 13.1. The largest absolute Gasteiger partial charge is 0.324 e. The van der Waals surface area contributed by atoms with Gasteiger partial charge in [-0.15, -0.1) is 0 Å². The first kappa shape index (κ1) is 19.6. The molecule has 1 aromatic heterocycles. The summed E-state index contributed by atoms with van der Waals surface area (Å²) >= 11 is 4.70. The summed E-state index contributed by atoms with van der Waals surface area (Å²) in [7, 11) is 0. The lowest BCUT2D eigenvalue weighted by Gasteiger charge is -2.13. The number of nitrogens with zero attached hydrogens (tertiary/aromatic N) is 2. The first-order valence-corrected chi connectivity index (χ1v) is 10.5. The Labute approximate surface area is 170 Å². The highest BCUT2D eigenvalue weighted by Crippen LogP contribution is 2.23. The van der Waals surface area contributed by atoms with Gasteiger partial charge in [0.25, 0.3) is 5.56 Å². The summed E-state index contributed by atoms with van der Waals surface area (Å²) in [4.78, 5) is 29.8. The molecule has 0 saturated heterocycles. The van der Waals surface area contributed by atoms with Gasteiger partial charge in [0.1, 0.15) is 0 Å². The van der Waals surface area contributed by atoms with Crippen LogP contribution in [0.25, 0.3) is 10.9 Å². The number of fused-ring (bicyclic) bond motifs is 1. The number of aromatic nitrogens is 2. The third kappa shape index (κ3) is 4.78. The van der Waals surface area contributed by atoms with Gasteiger partial charge in [0.15, 0.2) is 5.16 Å². The number of thioether (sulfide) groups is 1. The minimum absolute atomic E-state index is 0.0530. The van der Waals surface area contributed by atoms with Gasteiger partial charge in [-0.2, -0.15) is 0 Å². The van der Waals surface area contributed by atoms with E-state index in [2.05, 4.69) is 33.2 Å². The van der Waals surface area contributed by atoms with E-state index in [1.54, 1.807) is 10.6 Å². The summed E-state index contributed by atoms with van der Waals surface area (Å²) in [5, 5.41) is 4.06. The van der Waals surface area contributed by atoms with E-state index in [-0.39, 0.29) is 17.2 Å². The molecule has 1 heterocycles. The van der Waals surface area contributed by atoms with Crippen molar-refractivity contribution in [3.8, 4) is 0 Å². The van der Waals surface area contributed by atoms with E-state index in [0.29, 0.717) is 22.6 Å². The monoisotopic (exact) mass is 445 g/mol. The fraction of sp³-hybridized carbons (Fsp3) is 0.250. The summed E-state index contributed by atoms with van der Waals surface area (Å²) in [5.74, 6) is 0.0365. The van der Waals surface area contributed by atoms with Gasteiger partial charge in [-0.3, -0.25) is 14.2 Å². The van der Waals surface area contributed by atoms with Crippen molar-refractivity contribution in [1.29, 1.82) is 0 Å². The van der Waals surface area contributed by atoms with E-state index >= 15 is 0 Å². The van der Waals surface area contributed by atoms with Crippen molar-refractivity contribution in [3.05, 3.63) is 63.4 Å². The number of anilines is 1. The minimum atomic E-state index is -0.142. The Bertz CT molecular complexity index is 1020. The molecule has 0 aliphatic carbocycles. The quantitative estimate of drug-likeness (QED) is 0.423. The third-order valence-electron chi connectivity index (χ3n) is 4.04. The van der Waals surface area contributed by atoms with Gasteiger partial charge in [0.05, 0.1) is 22.3 Å². The predicted molar refractivity (Wildman–Crippen MR) is 114 cm³/mol. The molecule has 0 bridgehead atoms. The molecule has 0 aliphatic rings. The van der Waals surface area contributed by atoms with E-state index in [1.807, 2.05) is 42.5 Å². The molecule has 1 N–H and O–H groups in total. The molecule has 27 heavy (non-hydrogen) atoms. The highest BCUT2D eigenvalue weighted by Gasteiger charge is 2.13. The number of amides is 1. The number of unbranched alkanes of at least 4 members (excludes halogenated alkanes) is 1. The van der Waals surface area contributed by atoms with Crippen LogP contribution in [-0.2, 0) is 11.3 Å². The Kier molecular flexibility index (Phi) is 6.68. The van der Waals surface area contributed by atoms with Crippen molar-refractivity contribution in [2.45, 2.75) is 31.5 Å². The standard InChI is InChI=1S/C20H20BrN3O2S/c1-2-3-12-24-19(26)14-8-4-6-10-16(14)23-20(24)27-13-18(25)22-17-11-7-5-9-15(17)21/h4-11H,2-3,12-13H2,1H3,(H,22,25). The van der Waals surface area contributed by atoms with Crippen LogP contribution in [0.5, 0.6) is 0 Å². The fourth-order valence-corrected chi connectivity index (χ4v) is 3.86. The number of para-hydroxylation sites is 2. The highest BCUT2D eigenvalue weighted by atomic mass is 79.9. The van der Waals surface area contributed by atoms with Gasteiger partial charge in [0, 0.05) is 11.0 Å². The first-order valence-electron chi connectivity index (χ1n) is 8.77. The lowest BCUT2D eigenvalue weighted by Crippen LogP contribution is -2.24. The van der Waals surface area contributed by atoms with Crippen LogP contribution in [0.15, 0.2) is 63.0 Å². The van der Waals surface area contributed by atoms with Crippen LogP contribution < -0.4 is 10.9 Å². The predicted octanol–water partition coefficient (Wildman–Crippen LogP) is 4.69. The lowest BCUT2D eigenvalue weighted by molar-refractivity contribution is -0.113. The molecule has 0 atom stereocenters. The summed E-state index contributed by atoms with van der Waals surface area (Å²) in [6.07, 6.45) is 1.86. The molecule has 3 aromatic rings. The SMILES string of the molecule is CCCCn1c(SCC(=O)Nc2ccccc2Br)nc2ccccc2c1=O. The second-order valence-electron chi connectivity index (χ2n) is 6.04. The van der Waals surface area contributed by atoms with Crippen LogP contribution in [0.2, 0.25) is 0 Å². The molecule has 0 aliphatic heterocycles. The van der Waals surface area contributed by atoms with Crippen molar-refractivity contribution < 1.29 is 4.79 Å². The van der Waals surface area contributed by atoms with Crippen LogP contribution in [0.4, 0.5) is 5.69 Å². The van der Waals surface area contributed by atoms with Crippen molar-refractivity contribution in [2.75, 3.05) is 11.1 Å². The zero-order valence-corrected chi connectivity index (χ0v) is 17.3. The van der Waals surface area contributed by atoms with Gasteiger partial charge < -0.3 is 5.32 Å². The van der Waals surface area contributed by atoms with Crippen LogP contribution in [-0.4, -0.2) is 21.2 Å². The average molecular weight is 446 g/mol. The highest BCUT2D eigenvalue weighted by molar-refractivity contribution is 9.10. The molecule has 0 fully saturated rings. The van der Waals surface area contributed by atoms with Crippen molar-refractivity contribution in [3.63, 3.8) is 0 Å². The Hall–Kier alpha value is -2.12. The van der Waals surface area contributed by atoms with E-state index in [1.165, 1.54) is 11.8 Å². The van der Waals surface area contributed by atoms with Crippen LogP contribution in [0.3, 0.4) is 0 Å². The van der Waals surface area contributed by atoms with Gasteiger partial charge in [0.2, 0.25) is 5.91 Å². The van der Waals surface area contributed by atoms with Crippen molar-refractivity contribution in [2.24, 2.45) is 0 Å². The number of rotatable bonds is 7. The maximum absolute atomic E-state index is 12.8. The molecule has 5 nitrogen and oxygen atoms in total. The smallest absolute Gasteiger partial charge is 0.262 e. The summed E-state index contributed by atoms with van der Waals surface area (Å²) in [5.41, 5.74) is 1.32. The number of hydrogen-bond donors (Lipinski definition) is 1. The molecular weight excluding hydrogens is 426 g/mol. The van der Waals surface area contributed by atoms with Gasteiger partial charge in [-0.25, -0.2) is 4.98 Å². The maximum atomic E-state index is 12.8. The number of halogens is 1. The number of benzene rings is 2. The van der Waals surface area contributed by atoms with Crippen molar-refractivity contribution in [1.82, 2.24) is 9.55 Å². The second kappa shape index (κ2) is 9.19. The molecular formula is C20H20BrN3O2S. The van der Waals surface area contributed by atoms with E-state index < -0.39 is 0 Å². The average Bonchev–Trinajstić information content (AvgIpc) is 2.68. The third-order valence-corrected chi connectivity index (χ3v) is 5.71. The molecule has 0 radical (unpaired) electrons. The molecule has 7 heteroatoms. The number of carbonyl (C=O) groups excluding carboxylic acids is 1. The fourth-order valence-electron chi connectivity index (χ4n) is 2.65. The van der Waals surface area contributed by atoms with Crippen molar-refractivity contribution >= 4 is 50.2 Å². The number of carbonyl (C=O) groups is 1. The van der Waals surface area contributed by atoms with Crippen LogP contribution in [0, 0.1) is 0 Å². The van der Waals surface area contributed by atoms with Gasteiger partial charge in [-0.1, -0.05) is 49.4 Å².